The second-order valence-electron chi connectivity index (χ2n) is 3.29. The predicted molar refractivity (Wildman–Crippen MR) is 63.0 cm³/mol. The molecule has 0 bridgehead atoms. The van der Waals surface area contributed by atoms with E-state index in [0.717, 1.165) is 0 Å². The Kier molecular flexibility index (Phi) is 6.27. The van der Waals surface area contributed by atoms with Gasteiger partial charge in [-0.3, -0.25) is 10.1 Å². The number of hydrogen-bond acceptors (Lipinski definition) is 7. The lowest BCUT2D eigenvalue weighted by molar-refractivity contribution is -0.384. The molecule has 1 aromatic rings. The van der Waals surface area contributed by atoms with Crippen LogP contribution in [0.25, 0.3) is 0 Å². The maximum atomic E-state index is 11.2. The summed E-state index contributed by atoms with van der Waals surface area (Å²) >= 11 is 0. The van der Waals surface area contributed by atoms with Crippen molar-refractivity contribution in [2.24, 2.45) is 0 Å². The molecule has 0 spiro atoms. The molecule has 0 radical (unpaired) electrons. The van der Waals surface area contributed by atoms with Gasteiger partial charge in [0.05, 0.1) is 24.7 Å². The molecule has 0 saturated heterocycles. The van der Waals surface area contributed by atoms with Crippen molar-refractivity contribution in [2.75, 3.05) is 26.4 Å². The maximum absolute atomic E-state index is 11.2. The van der Waals surface area contributed by atoms with Crippen molar-refractivity contribution in [3.63, 3.8) is 0 Å². The van der Waals surface area contributed by atoms with E-state index in [1.165, 1.54) is 24.3 Å². The number of rotatable bonds is 7. The lowest BCUT2D eigenvalue weighted by atomic mass is 10.3. The van der Waals surface area contributed by atoms with Crippen LogP contribution in [-0.4, -0.2) is 42.6 Å². The summed E-state index contributed by atoms with van der Waals surface area (Å²) in [7, 11) is 0. The largest absolute Gasteiger partial charge is 0.513 e. The maximum Gasteiger partial charge on any atom is 0.513 e. The summed E-state index contributed by atoms with van der Waals surface area (Å²) in [6, 6.07) is 5.02. The van der Waals surface area contributed by atoms with Gasteiger partial charge in [-0.25, -0.2) is 4.79 Å². The second kappa shape index (κ2) is 8.01. The number of aliphatic hydroxyl groups is 1. The van der Waals surface area contributed by atoms with Crippen molar-refractivity contribution >= 4 is 11.8 Å². The number of nitro groups is 1. The Morgan fingerprint density at radius 2 is 1.89 bits per heavy atom. The first-order valence-corrected chi connectivity index (χ1v) is 5.41. The zero-order valence-electron chi connectivity index (χ0n) is 9.98. The average molecular weight is 271 g/mol. The van der Waals surface area contributed by atoms with Gasteiger partial charge in [-0.15, -0.1) is 0 Å². The van der Waals surface area contributed by atoms with E-state index >= 15 is 0 Å². The van der Waals surface area contributed by atoms with Gasteiger partial charge in [-0.2, -0.15) is 0 Å². The minimum atomic E-state index is -0.929. The lowest BCUT2D eigenvalue weighted by Gasteiger charge is -2.05. The number of nitro benzene ring substituents is 1. The Bertz CT molecular complexity index is 418. The average Bonchev–Trinajstić information content (AvgIpc) is 2.39. The van der Waals surface area contributed by atoms with Crippen LogP contribution in [0.5, 0.6) is 5.75 Å². The molecule has 104 valence electrons. The number of non-ortho nitro benzene ring substituents is 1. The van der Waals surface area contributed by atoms with E-state index in [9.17, 15) is 14.9 Å². The van der Waals surface area contributed by atoms with Crippen LogP contribution >= 0.6 is 0 Å². The van der Waals surface area contributed by atoms with Gasteiger partial charge in [-0.1, -0.05) is 0 Å². The number of nitrogens with zero attached hydrogens (tertiary/aromatic N) is 1. The highest BCUT2D eigenvalue weighted by molar-refractivity contribution is 5.63. The third-order valence-electron chi connectivity index (χ3n) is 1.93. The van der Waals surface area contributed by atoms with Crippen LogP contribution in [0.1, 0.15) is 0 Å². The standard InChI is InChI=1S/C11H13NO7/c13-5-6-17-7-8-18-11(14)19-10-3-1-9(2-4-10)12(15)16/h1-4,13H,5-8H2. The van der Waals surface area contributed by atoms with Crippen LogP contribution in [0.2, 0.25) is 0 Å². The minimum absolute atomic E-state index is 0.00812. The molecule has 0 aromatic heterocycles. The Morgan fingerprint density at radius 3 is 2.47 bits per heavy atom. The van der Waals surface area contributed by atoms with E-state index in [2.05, 4.69) is 4.74 Å². The Hall–Kier alpha value is -2.19. The molecule has 19 heavy (non-hydrogen) atoms. The first-order chi connectivity index (χ1) is 9.13. The van der Waals surface area contributed by atoms with Crippen molar-refractivity contribution in [3.05, 3.63) is 34.4 Å². The van der Waals surface area contributed by atoms with Gasteiger partial charge in [0, 0.05) is 12.1 Å². The van der Waals surface area contributed by atoms with Crippen molar-refractivity contribution in [2.45, 2.75) is 0 Å². The summed E-state index contributed by atoms with van der Waals surface area (Å²) in [5.74, 6) is 0.145. The smallest absolute Gasteiger partial charge is 0.432 e. The monoisotopic (exact) mass is 271 g/mol. The summed E-state index contributed by atoms with van der Waals surface area (Å²) in [6.07, 6.45) is -0.929. The molecule has 1 rings (SSSR count). The molecule has 0 aliphatic rings. The quantitative estimate of drug-likeness (QED) is 0.260. The molecule has 0 heterocycles. The van der Waals surface area contributed by atoms with Crippen molar-refractivity contribution < 1.29 is 29.0 Å². The van der Waals surface area contributed by atoms with Crippen molar-refractivity contribution in [3.8, 4) is 5.75 Å². The molecular weight excluding hydrogens is 258 g/mol. The van der Waals surface area contributed by atoms with E-state index in [-0.39, 0.29) is 37.9 Å². The SMILES string of the molecule is O=C(OCCOCCO)Oc1ccc([N+](=O)[O-])cc1. The molecule has 8 nitrogen and oxygen atoms in total. The number of carbonyl (C=O) groups excluding carboxylic acids is 1. The van der Waals surface area contributed by atoms with Crippen LogP contribution in [-0.2, 0) is 9.47 Å². The van der Waals surface area contributed by atoms with Crippen LogP contribution in [0, 0.1) is 10.1 Å². The minimum Gasteiger partial charge on any atom is -0.432 e. The van der Waals surface area contributed by atoms with E-state index in [1.54, 1.807) is 0 Å². The fourth-order valence-corrected chi connectivity index (χ4v) is 1.11. The molecule has 0 aliphatic carbocycles. The van der Waals surface area contributed by atoms with Gasteiger partial charge < -0.3 is 19.3 Å². The number of carbonyl (C=O) groups is 1. The number of aliphatic hydroxyl groups excluding tert-OH is 1. The van der Waals surface area contributed by atoms with E-state index < -0.39 is 11.1 Å². The van der Waals surface area contributed by atoms with Crippen LogP contribution in [0.4, 0.5) is 10.5 Å². The first-order valence-electron chi connectivity index (χ1n) is 5.41. The second-order valence-corrected chi connectivity index (χ2v) is 3.29. The number of hydrogen-bond donors (Lipinski definition) is 1. The molecule has 0 saturated carbocycles. The lowest BCUT2D eigenvalue weighted by Crippen LogP contribution is -2.15. The van der Waals surface area contributed by atoms with Gasteiger partial charge in [0.1, 0.15) is 12.4 Å². The van der Waals surface area contributed by atoms with Crippen LogP contribution < -0.4 is 4.74 Å². The Labute approximate surface area is 108 Å². The molecule has 0 aliphatic heterocycles. The molecule has 0 atom stereocenters. The van der Waals surface area contributed by atoms with Gasteiger partial charge in [0.2, 0.25) is 0 Å². The Balaban J connectivity index is 2.30. The highest BCUT2D eigenvalue weighted by Crippen LogP contribution is 2.17. The molecule has 0 unspecified atom stereocenters. The number of benzene rings is 1. The fraction of sp³-hybridized carbons (Fsp3) is 0.364. The molecule has 1 N–H and O–H groups in total. The third kappa shape index (κ3) is 5.80. The Morgan fingerprint density at radius 1 is 1.21 bits per heavy atom. The van der Waals surface area contributed by atoms with E-state index in [4.69, 9.17) is 14.6 Å². The first kappa shape index (κ1) is 14.9. The van der Waals surface area contributed by atoms with E-state index in [0.29, 0.717) is 0 Å². The van der Waals surface area contributed by atoms with Crippen molar-refractivity contribution in [1.82, 2.24) is 0 Å². The molecule has 1 aromatic carbocycles. The molecule has 8 heteroatoms. The zero-order chi connectivity index (χ0) is 14.1. The van der Waals surface area contributed by atoms with E-state index in [1.807, 2.05) is 0 Å². The summed E-state index contributed by atoms with van der Waals surface area (Å²) in [4.78, 5) is 21.0. The van der Waals surface area contributed by atoms with Gasteiger partial charge in [0.25, 0.3) is 5.69 Å². The molecular formula is C11H13NO7. The predicted octanol–water partition coefficient (Wildman–Crippen LogP) is 1.12. The highest BCUT2D eigenvalue weighted by Gasteiger charge is 2.08. The van der Waals surface area contributed by atoms with Gasteiger partial charge in [0.15, 0.2) is 0 Å². The summed E-state index contributed by atoms with van der Waals surface area (Å²) in [6.45, 7) is 0.204. The molecule has 0 fully saturated rings. The zero-order valence-corrected chi connectivity index (χ0v) is 9.98. The van der Waals surface area contributed by atoms with Gasteiger partial charge in [-0.05, 0) is 12.1 Å². The normalized spacial score (nSPS) is 9.95. The summed E-state index contributed by atoms with van der Waals surface area (Å²) in [5.41, 5.74) is -0.0990. The fourth-order valence-electron chi connectivity index (χ4n) is 1.11. The van der Waals surface area contributed by atoms with Gasteiger partial charge >= 0.3 is 6.16 Å². The van der Waals surface area contributed by atoms with Crippen LogP contribution in [0.3, 0.4) is 0 Å². The topological polar surface area (TPSA) is 108 Å². The summed E-state index contributed by atoms with van der Waals surface area (Å²) < 4.78 is 14.3. The highest BCUT2D eigenvalue weighted by atomic mass is 16.7. The van der Waals surface area contributed by atoms with Crippen LogP contribution in [0.15, 0.2) is 24.3 Å². The molecule has 0 amide bonds. The third-order valence-corrected chi connectivity index (χ3v) is 1.93. The number of ether oxygens (including phenoxy) is 3. The summed E-state index contributed by atoms with van der Waals surface area (Å²) in [5, 5.41) is 18.8. The van der Waals surface area contributed by atoms with Crippen molar-refractivity contribution in [1.29, 1.82) is 0 Å².